The summed E-state index contributed by atoms with van der Waals surface area (Å²) in [5.74, 6) is 1.06. The van der Waals surface area contributed by atoms with E-state index in [4.69, 9.17) is 5.73 Å². The second kappa shape index (κ2) is 11.6. The van der Waals surface area contributed by atoms with Crippen LogP contribution in [0.3, 0.4) is 0 Å². The quantitative estimate of drug-likeness (QED) is 0.532. The molecule has 5 rings (SSSR count). The third kappa shape index (κ3) is 6.00. The predicted octanol–water partition coefficient (Wildman–Crippen LogP) is 5.15. The highest BCUT2D eigenvalue weighted by molar-refractivity contribution is 5.92. The predicted molar refractivity (Wildman–Crippen MR) is 144 cm³/mol. The maximum absolute atomic E-state index is 13.4. The van der Waals surface area contributed by atoms with Crippen LogP contribution in [-0.2, 0) is 11.2 Å². The van der Waals surface area contributed by atoms with E-state index < -0.39 is 0 Å². The molecule has 0 radical (unpaired) electrons. The van der Waals surface area contributed by atoms with Crippen molar-refractivity contribution in [3.05, 3.63) is 71.3 Å². The molecule has 2 bridgehead atoms. The van der Waals surface area contributed by atoms with Crippen LogP contribution in [0.15, 0.2) is 54.6 Å². The van der Waals surface area contributed by atoms with Gasteiger partial charge < -0.3 is 10.6 Å². The first-order valence-corrected chi connectivity index (χ1v) is 14.0. The number of carbonyl (C=O) groups excluding carboxylic acids is 2. The number of fused-ring (bicyclic) bond motifs is 2. The molecule has 2 atom stereocenters. The molecule has 1 saturated carbocycles. The normalized spacial score (nSPS) is 24.5. The number of rotatable bonds is 9. The van der Waals surface area contributed by atoms with Crippen LogP contribution in [0, 0.1) is 5.92 Å². The Morgan fingerprint density at radius 2 is 1.61 bits per heavy atom. The van der Waals surface area contributed by atoms with Gasteiger partial charge in [0.25, 0.3) is 0 Å². The van der Waals surface area contributed by atoms with Crippen LogP contribution in [0.5, 0.6) is 0 Å². The monoisotopic (exact) mass is 487 g/mol. The van der Waals surface area contributed by atoms with E-state index in [9.17, 15) is 9.59 Å². The first-order chi connectivity index (χ1) is 17.6. The van der Waals surface area contributed by atoms with E-state index in [-0.39, 0.29) is 11.8 Å². The first kappa shape index (κ1) is 25.0. The van der Waals surface area contributed by atoms with Crippen molar-refractivity contribution in [2.24, 2.45) is 11.7 Å². The lowest BCUT2D eigenvalue weighted by molar-refractivity contribution is -0.131. The standard InChI is InChI=1S/C31H41N3O2/c32-31(36)26-13-7-12-25(19-26)27-20-28-14-15-29(21-27)34(28)17-16-33(22-24-10-5-2-6-11-24)30(35)18-23-8-3-1-4-9-23/h1,3-4,7-9,12-13,19,24,27-29H,2,5-6,10-11,14-18,20-22H2,(H2,32,36). The fourth-order valence-electron chi connectivity index (χ4n) is 6.97. The summed E-state index contributed by atoms with van der Waals surface area (Å²) in [6.45, 7) is 2.71. The summed E-state index contributed by atoms with van der Waals surface area (Å²) in [4.78, 5) is 30.0. The Morgan fingerprint density at radius 3 is 2.31 bits per heavy atom. The molecule has 0 aromatic heterocycles. The molecule has 2 aliphatic heterocycles. The van der Waals surface area contributed by atoms with E-state index in [0.717, 1.165) is 38.0 Å². The summed E-state index contributed by atoms with van der Waals surface area (Å²) in [5.41, 5.74) is 8.49. The minimum absolute atomic E-state index is 0.275. The van der Waals surface area contributed by atoms with E-state index in [1.54, 1.807) is 0 Å². The molecule has 2 amide bonds. The number of benzene rings is 2. The summed E-state index contributed by atoms with van der Waals surface area (Å²) < 4.78 is 0. The molecule has 1 aliphatic carbocycles. The molecule has 3 aliphatic rings. The van der Waals surface area contributed by atoms with Crippen LogP contribution < -0.4 is 5.73 Å². The molecular formula is C31H41N3O2. The third-order valence-electron chi connectivity index (χ3n) is 8.91. The summed E-state index contributed by atoms with van der Waals surface area (Å²) in [6.07, 6.45) is 11.7. The van der Waals surface area contributed by atoms with Crippen molar-refractivity contribution >= 4 is 11.8 Å². The summed E-state index contributed by atoms with van der Waals surface area (Å²) >= 11 is 0. The molecule has 2 unspecified atom stereocenters. The lowest BCUT2D eigenvalue weighted by Gasteiger charge is -2.40. The van der Waals surface area contributed by atoms with Crippen molar-refractivity contribution < 1.29 is 9.59 Å². The summed E-state index contributed by atoms with van der Waals surface area (Å²) in [5, 5.41) is 0. The molecule has 2 saturated heterocycles. The lowest BCUT2D eigenvalue weighted by Crippen LogP contribution is -2.48. The fraction of sp³-hybridized carbons (Fsp3) is 0.548. The number of primary amides is 1. The van der Waals surface area contributed by atoms with Crippen molar-refractivity contribution in [3.8, 4) is 0 Å². The SMILES string of the molecule is NC(=O)c1cccc(C2CC3CCC(C2)N3CCN(CC2CCCCC2)C(=O)Cc2ccccc2)c1. The molecule has 192 valence electrons. The van der Waals surface area contributed by atoms with Crippen molar-refractivity contribution in [3.63, 3.8) is 0 Å². The number of amides is 2. The van der Waals surface area contributed by atoms with Crippen LogP contribution >= 0.6 is 0 Å². The number of carbonyl (C=O) groups is 2. The van der Waals surface area contributed by atoms with Crippen LogP contribution in [0.25, 0.3) is 0 Å². The van der Waals surface area contributed by atoms with Gasteiger partial charge in [0.15, 0.2) is 0 Å². The number of nitrogens with two attached hydrogens (primary N) is 1. The Morgan fingerprint density at radius 1 is 0.889 bits per heavy atom. The molecule has 2 heterocycles. The van der Waals surface area contributed by atoms with Gasteiger partial charge in [-0.05, 0) is 73.6 Å². The highest BCUT2D eigenvalue weighted by Gasteiger charge is 2.41. The zero-order chi connectivity index (χ0) is 24.9. The van der Waals surface area contributed by atoms with Gasteiger partial charge in [-0.25, -0.2) is 0 Å². The van der Waals surface area contributed by atoms with E-state index in [0.29, 0.717) is 35.9 Å². The Labute approximate surface area is 216 Å². The van der Waals surface area contributed by atoms with Crippen LogP contribution in [0.4, 0.5) is 0 Å². The number of hydrogen-bond acceptors (Lipinski definition) is 3. The van der Waals surface area contributed by atoms with Gasteiger partial charge in [0.05, 0.1) is 6.42 Å². The zero-order valence-corrected chi connectivity index (χ0v) is 21.5. The Kier molecular flexibility index (Phi) is 8.05. The van der Waals surface area contributed by atoms with E-state index in [1.807, 2.05) is 36.4 Å². The number of nitrogens with zero attached hydrogens (tertiary/aromatic N) is 2. The van der Waals surface area contributed by atoms with E-state index in [2.05, 4.69) is 28.0 Å². The Balaban J connectivity index is 1.22. The molecular weight excluding hydrogens is 446 g/mol. The average molecular weight is 488 g/mol. The molecule has 2 aromatic rings. The summed E-state index contributed by atoms with van der Waals surface area (Å²) in [6, 6.07) is 19.2. The van der Waals surface area contributed by atoms with Crippen molar-refractivity contribution in [2.75, 3.05) is 19.6 Å². The highest BCUT2D eigenvalue weighted by atomic mass is 16.2. The smallest absolute Gasteiger partial charge is 0.248 e. The largest absolute Gasteiger partial charge is 0.366 e. The maximum atomic E-state index is 13.4. The molecule has 2 aromatic carbocycles. The van der Waals surface area contributed by atoms with Gasteiger partial charge >= 0.3 is 0 Å². The first-order valence-electron chi connectivity index (χ1n) is 14.0. The van der Waals surface area contributed by atoms with Gasteiger partial charge in [-0.3, -0.25) is 14.5 Å². The molecule has 36 heavy (non-hydrogen) atoms. The minimum atomic E-state index is -0.351. The van der Waals surface area contributed by atoms with Gasteiger partial charge in [0.1, 0.15) is 0 Å². The van der Waals surface area contributed by atoms with Crippen molar-refractivity contribution in [1.82, 2.24) is 9.80 Å². The second-order valence-electron chi connectivity index (χ2n) is 11.3. The van der Waals surface area contributed by atoms with Gasteiger partial charge in [-0.1, -0.05) is 61.7 Å². The van der Waals surface area contributed by atoms with Crippen LogP contribution in [-0.4, -0.2) is 53.3 Å². The fourth-order valence-corrected chi connectivity index (χ4v) is 6.97. The minimum Gasteiger partial charge on any atom is -0.366 e. The maximum Gasteiger partial charge on any atom is 0.248 e. The van der Waals surface area contributed by atoms with E-state index >= 15 is 0 Å². The average Bonchev–Trinajstić information content (AvgIpc) is 3.13. The van der Waals surface area contributed by atoms with E-state index in [1.165, 1.54) is 50.5 Å². The van der Waals surface area contributed by atoms with Crippen LogP contribution in [0.1, 0.15) is 85.2 Å². The van der Waals surface area contributed by atoms with Gasteiger partial charge in [0, 0.05) is 37.3 Å². The second-order valence-corrected chi connectivity index (χ2v) is 11.3. The molecule has 5 heteroatoms. The van der Waals surface area contributed by atoms with Crippen molar-refractivity contribution in [2.45, 2.75) is 82.2 Å². The Hall–Kier alpha value is -2.66. The van der Waals surface area contributed by atoms with Gasteiger partial charge in [0.2, 0.25) is 11.8 Å². The molecule has 5 nitrogen and oxygen atoms in total. The third-order valence-corrected chi connectivity index (χ3v) is 8.91. The summed E-state index contributed by atoms with van der Waals surface area (Å²) in [7, 11) is 0. The highest BCUT2D eigenvalue weighted by Crippen LogP contribution is 2.43. The molecule has 3 fully saturated rings. The number of hydrogen-bond donors (Lipinski definition) is 1. The molecule has 0 spiro atoms. The zero-order valence-electron chi connectivity index (χ0n) is 21.5. The number of piperidine rings is 1. The van der Waals surface area contributed by atoms with Gasteiger partial charge in [-0.15, -0.1) is 0 Å². The Bertz CT molecular complexity index is 1020. The molecule has 2 N–H and O–H groups in total. The van der Waals surface area contributed by atoms with Crippen LogP contribution in [0.2, 0.25) is 0 Å². The topological polar surface area (TPSA) is 66.6 Å². The van der Waals surface area contributed by atoms with Crippen molar-refractivity contribution in [1.29, 1.82) is 0 Å². The lowest BCUT2D eigenvalue weighted by atomic mass is 9.84. The van der Waals surface area contributed by atoms with Gasteiger partial charge in [-0.2, -0.15) is 0 Å².